The van der Waals surface area contributed by atoms with Gasteiger partial charge in [-0.2, -0.15) is 0 Å². The summed E-state index contributed by atoms with van der Waals surface area (Å²) in [4.78, 5) is 0. The van der Waals surface area contributed by atoms with Gasteiger partial charge in [-0.05, 0) is 24.5 Å². The highest BCUT2D eigenvalue weighted by Gasteiger charge is 2.66. The molecule has 0 saturated carbocycles. The molecule has 2 heterocycles. The zero-order chi connectivity index (χ0) is 21.1. The van der Waals surface area contributed by atoms with Crippen LogP contribution in [0.5, 0.6) is 0 Å². The van der Waals surface area contributed by atoms with Crippen molar-refractivity contribution < 1.29 is 24.1 Å². The number of benzene rings is 2. The molecule has 0 unspecified atom stereocenters. The SMILES string of the molecule is C=C[C@]12CC[C@](C)(O[C@H](COCc3ccccc3)[C@]1(O)COCc1ccccc1)O2. The second kappa shape index (κ2) is 8.61. The normalized spacial score (nSPS) is 32.8. The summed E-state index contributed by atoms with van der Waals surface area (Å²) in [5.41, 5.74) is -0.228. The van der Waals surface area contributed by atoms with E-state index in [0.717, 1.165) is 11.1 Å². The van der Waals surface area contributed by atoms with E-state index in [0.29, 0.717) is 26.1 Å². The first-order valence-corrected chi connectivity index (χ1v) is 10.5. The summed E-state index contributed by atoms with van der Waals surface area (Å²) < 4.78 is 24.3. The van der Waals surface area contributed by atoms with Gasteiger partial charge in [0.25, 0.3) is 0 Å². The van der Waals surface area contributed by atoms with E-state index in [1.54, 1.807) is 6.08 Å². The second-order valence-electron chi connectivity index (χ2n) is 8.34. The Labute approximate surface area is 178 Å². The van der Waals surface area contributed by atoms with E-state index in [9.17, 15) is 5.11 Å². The standard InChI is InChI=1S/C25H30O5/c1-3-24-15-14-23(2,30-24)29-22(18-27-16-20-10-6-4-7-11-20)25(24,26)19-28-17-21-12-8-5-9-13-21/h3-13,22,26H,1,14-19H2,2H3/t22-,23-,24+,25-/m1/s1. The third-order valence-electron chi connectivity index (χ3n) is 6.15. The number of aliphatic hydroxyl groups is 1. The van der Waals surface area contributed by atoms with Crippen molar-refractivity contribution in [2.75, 3.05) is 13.2 Å². The molecule has 0 amide bonds. The van der Waals surface area contributed by atoms with Crippen LogP contribution in [0.3, 0.4) is 0 Å². The lowest BCUT2D eigenvalue weighted by molar-refractivity contribution is -0.374. The predicted octanol–water partition coefficient (Wildman–Crippen LogP) is 4.00. The Morgan fingerprint density at radius 3 is 2.20 bits per heavy atom. The molecular weight excluding hydrogens is 380 g/mol. The van der Waals surface area contributed by atoms with Crippen LogP contribution in [-0.2, 0) is 32.2 Å². The third-order valence-corrected chi connectivity index (χ3v) is 6.15. The first-order valence-electron chi connectivity index (χ1n) is 10.5. The fourth-order valence-corrected chi connectivity index (χ4v) is 4.42. The van der Waals surface area contributed by atoms with Crippen LogP contribution in [0.15, 0.2) is 73.3 Å². The van der Waals surface area contributed by atoms with Gasteiger partial charge in [0, 0.05) is 6.42 Å². The summed E-state index contributed by atoms with van der Waals surface area (Å²) in [7, 11) is 0. The van der Waals surface area contributed by atoms with E-state index in [1.165, 1.54) is 0 Å². The fourth-order valence-electron chi connectivity index (χ4n) is 4.42. The van der Waals surface area contributed by atoms with Crippen molar-refractivity contribution in [1.29, 1.82) is 0 Å². The molecule has 2 bridgehead atoms. The summed E-state index contributed by atoms with van der Waals surface area (Å²) in [5.74, 6) is -0.763. The molecule has 1 N–H and O–H groups in total. The van der Waals surface area contributed by atoms with Crippen molar-refractivity contribution in [2.24, 2.45) is 0 Å². The Kier molecular flexibility index (Phi) is 6.09. The maximum Gasteiger partial charge on any atom is 0.167 e. The molecule has 30 heavy (non-hydrogen) atoms. The van der Waals surface area contributed by atoms with E-state index >= 15 is 0 Å². The molecule has 0 spiro atoms. The van der Waals surface area contributed by atoms with Gasteiger partial charge in [0.1, 0.15) is 17.3 Å². The van der Waals surface area contributed by atoms with Crippen LogP contribution < -0.4 is 0 Å². The van der Waals surface area contributed by atoms with Gasteiger partial charge in [-0.1, -0.05) is 66.7 Å². The number of rotatable bonds is 9. The van der Waals surface area contributed by atoms with Crippen molar-refractivity contribution in [3.63, 3.8) is 0 Å². The third kappa shape index (κ3) is 4.09. The lowest BCUT2D eigenvalue weighted by atomic mass is 9.77. The molecule has 5 nitrogen and oxygen atoms in total. The highest BCUT2D eigenvalue weighted by molar-refractivity contribution is 5.21. The number of hydrogen-bond donors (Lipinski definition) is 1. The molecule has 5 heteroatoms. The number of ether oxygens (including phenoxy) is 4. The molecule has 2 saturated heterocycles. The van der Waals surface area contributed by atoms with E-state index in [2.05, 4.69) is 6.58 Å². The molecule has 2 fully saturated rings. The van der Waals surface area contributed by atoms with Crippen LogP contribution in [0.2, 0.25) is 0 Å². The Bertz CT molecular complexity index is 841. The summed E-state index contributed by atoms with van der Waals surface area (Å²) in [5, 5.41) is 11.8. The molecule has 4 rings (SSSR count). The Hall–Kier alpha value is -2.02. The maximum absolute atomic E-state index is 11.8. The summed E-state index contributed by atoms with van der Waals surface area (Å²) in [6, 6.07) is 19.8. The molecule has 0 radical (unpaired) electrons. The van der Waals surface area contributed by atoms with E-state index < -0.39 is 23.1 Å². The minimum atomic E-state index is -1.41. The van der Waals surface area contributed by atoms with Crippen LogP contribution in [-0.4, -0.2) is 41.4 Å². The van der Waals surface area contributed by atoms with Gasteiger partial charge in [0.2, 0.25) is 0 Å². The van der Waals surface area contributed by atoms with Gasteiger partial charge in [-0.3, -0.25) is 0 Å². The molecule has 0 aliphatic carbocycles. The van der Waals surface area contributed by atoms with Crippen molar-refractivity contribution in [2.45, 2.75) is 56.1 Å². The fraction of sp³-hybridized carbons (Fsp3) is 0.440. The van der Waals surface area contributed by atoms with Crippen molar-refractivity contribution in [3.05, 3.63) is 84.4 Å². The van der Waals surface area contributed by atoms with E-state index in [4.69, 9.17) is 18.9 Å². The van der Waals surface area contributed by atoms with Gasteiger partial charge < -0.3 is 24.1 Å². The summed E-state index contributed by atoms with van der Waals surface area (Å²) in [6.07, 6.45) is 2.40. The smallest absolute Gasteiger partial charge is 0.167 e. The van der Waals surface area contributed by atoms with Gasteiger partial charge >= 0.3 is 0 Å². The van der Waals surface area contributed by atoms with Crippen LogP contribution in [0, 0.1) is 0 Å². The molecule has 160 valence electrons. The van der Waals surface area contributed by atoms with Gasteiger partial charge in [0.05, 0.1) is 26.4 Å². The average Bonchev–Trinajstić information content (AvgIpc) is 3.09. The minimum absolute atomic E-state index is 0.0589. The molecule has 0 aromatic heterocycles. The topological polar surface area (TPSA) is 57.2 Å². The zero-order valence-electron chi connectivity index (χ0n) is 17.5. The lowest BCUT2D eigenvalue weighted by Crippen LogP contribution is -2.69. The quantitative estimate of drug-likeness (QED) is 0.633. The molecular formula is C25H30O5. The van der Waals surface area contributed by atoms with Gasteiger partial charge in [-0.25, -0.2) is 0 Å². The van der Waals surface area contributed by atoms with Gasteiger partial charge in [-0.15, -0.1) is 6.58 Å². The molecule has 2 aliphatic heterocycles. The number of fused-ring (bicyclic) bond motifs is 2. The van der Waals surface area contributed by atoms with Crippen LogP contribution >= 0.6 is 0 Å². The average molecular weight is 411 g/mol. The monoisotopic (exact) mass is 410 g/mol. The predicted molar refractivity (Wildman–Crippen MR) is 114 cm³/mol. The molecule has 4 atom stereocenters. The number of hydrogen-bond acceptors (Lipinski definition) is 5. The van der Waals surface area contributed by atoms with Crippen molar-refractivity contribution in [3.8, 4) is 0 Å². The van der Waals surface area contributed by atoms with E-state index in [-0.39, 0.29) is 13.2 Å². The van der Waals surface area contributed by atoms with Crippen molar-refractivity contribution in [1.82, 2.24) is 0 Å². The Balaban J connectivity index is 1.48. The Morgan fingerprint density at radius 2 is 1.60 bits per heavy atom. The summed E-state index contributed by atoms with van der Waals surface area (Å²) in [6.45, 7) is 7.01. The van der Waals surface area contributed by atoms with Gasteiger partial charge in [0.15, 0.2) is 5.79 Å². The first-order chi connectivity index (χ1) is 14.5. The van der Waals surface area contributed by atoms with E-state index in [1.807, 2.05) is 67.6 Å². The zero-order valence-corrected chi connectivity index (χ0v) is 17.5. The first kappa shape index (κ1) is 21.2. The molecule has 2 aromatic carbocycles. The van der Waals surface area contributed by atoms with Crippen LogP contribution in [0.4, 0.5) is 0 Å². The minimum Gasteiger partial charge on any atom is -0.381 e. The highest BCUT2D eigenvalue weighted by Crippen LogP contribution is 2.52. The maximum atomic E-state index is 11.8. The lowest BCUT2D eigenvalue weighted by Gasteiger charge is -2.52. The van der Waals surface area contributed by atoms with Crippen LogP contribution in [0.25, 0.3) is 0 Å². The summed E-state index contributed by atoms with van der Waals surface area (Å²) >= 11 is 0. The van der Waals surface area contributed by atoms with Crippen LogP contribution in [0.1, 0.15) is 30.9 Å². The second-order valence-corrected chi connectivity index (χ2v) is 8.34. The molecule has 2 aliphatic rings. The highest BCUT2D eigenvalue weighted by atomic mass is 16.7. The van der Waals surface area contributed by atoms with Crippen molar-refractivity contribution >= 4 is 0 Å². The largest absolute Gasteiger partial charge is 0.381 e. The molecule has 2 aromatic rings. The Morgan fingerprint density at radius 1 is 1.00 bits per heavy atom.